The summed E-state index contributed by atoms with van der Waals surface area (Å²) in [5.41, 5.74) is -1.79. The lowest BCUT2D eigenvalue weighted by atomic mass is 10.1. The molecule has 0 N–H and O–H groups in total. The molecule has 0 atom stereocenters. The minimum Gasteiger partial charge on any atom is -0.326 e. The van der Waals surface area contributed by atoms with Crippen LogP contribution in [0.1, 0.15) is 22.8 Å². The summed E-state index contributed by atoms with van der Waals surface area (Å²) < 4.78 is 50.9. The molecule has 1 aromatic carbocycles. The zero-order chi connectivity index (χ0) is 14.6. The van der Waals surface area contributed by atoms with E-state index in [1.165, 1.54) is 0 Å². The number of amides is 1. The van der Waals surface area contributed by atoms with Crippen molar-refractivity contribution in [2.45, 2.75) is 13.1 Å². The first-order valence-electron chi connectivity index (χ1n) is 5.34. The van der Waals surface area contributed by atoms with Crippen LogP contribution in [0.3, 0.4) is 0 Å². The average molecular weight is 274 g/mol. The van der Waals surface area contributed by atoms with E-state index in [0.29, 0.717) is 18.2 Å². The summed E-state index contributed by atoms with van der Waals surface area (Å²) in [6.07, 6.45) is -4.66. The van der Waals surface area contributed by atoms with E-state index in [4.69, 9.17) is 5.26 Å². The van der Waals surface area contributed by atoms with Crippen molar-refractivity contribution in [2.75, 3.05) is 13.1 Å². The van der Waals surface area contributed by atoms with E-state index >= 15 is 0 Å². The predicted octanol–water partition coefficient (Wildman–Crippen LogP) is 2.83. The van der Waals surface area contributed by atoms with Crippen LogP contribution in [-0.4, -0.2) is 23.9 Å². The van der Waals surface area contributed by atoms with Crippen LogP contribution in [0.4, 0.5) is 17.6 Å². The Labute approximate surface area is 107 Å². The van der Waals surface area contributed by atoms with Gasteiger partial charge in [-0.2, -0.15) is 18.4 Å². The maximum atomic E-state index is 13.4. The van der Waals surface area contributed by atoms with Gasteiger partial charge in [0.2, 0.25) is 0 Å². The minimum absolute atomic E-state index is 0.0993. The Balaban J connectivity index is 3.19. The fourth-order valence-electron chi connectivity index (χ4n) is 1.45. The summed E-state index contributed by atoms with van der Waals surface area (Å²) in [6, 6.07) is 3.31. The van der Waals surface area contributed by atoms with Gasteiger partial charge >= 0.3 is 6.18 Å². The second-order valence-electron chi connectivity index (χ2n) is 3.67. The molecule has 0 aliphatic carbocycles. The number of nitriles is 1. The highest BCUT2D eigenvalue weighted by Crippen LogP contribution is 2.30. The van der Waals surface area contributed by atoms with E-state index in [1.54, 1.807) is 13.0 Å². The zero-order valence-corrected chi connectivity index (χ0v) is 9.96. The largest absolute Gasteiger partial charge is 0.416 e. The van der Waals surface area contributed by atoms with Crippen LogP contribution in [0.5, 0.6) is 0 Å². The summed E-state index contributed by atoms with van der Waals surface area (Å²) >= 11 is 0. The van der Waals surface area contributed by atoms with E-state index in [0.717, 1.165) is 4.90 Å². The van der Waals surface area contributed by atoms with E-state index in [1.807, 2.05) is 0 Å². The Morgan fingerprint density at radius 2 is 2.05 bits per heavy atom. The molecule has 0 saturated carbocycles. The second-order valence-corrected chi connectivity index (χ2v) is 3.67. The van der Waals surface area contributed by atoms with E-state index < -0.39 is 29.0 Å². The molecule has 0 unspecified atom stereocenters. The third kappa shape index (κ3) is 3.44. The SMILES string of the molecule is CCN(CC#N)C(=O)c1cc(C(F)(F)F)ccc1F. The number of benzene rings is 1. The lowest BCUT2D eigenvalue weighted by Crippen LogP contribution is -2.32. The van der Waals surface area contributed by atoms with Crippen molar-refractivity contribution in [3.8, 4) is 6.07 Å². The molecule has 1 rings (SSSR count). The highest BCUT2D eigenvalue weighted by Gasteiger charge is 2.32. The molecule has 0 saturated heterocycles. The Kier molecular flexibility index (Phi) is 4.48. The quantitative estimate of drug-likeness (QED) is 0.628. The number of carbonyl (C=O) groups is 1. The molecule has 0 bridgehead atoms. The third-order valence-corrected chi connectivity index (χ3v) is 2.45. The Bertz CT molecular complexity index is 519. The monoisotopic (exact) mass is 274 g/mol. The second kappa shape index (κ2) is 5.69. The van der Waals surface area contributed by atoms with Crippen molar-refractivity contribution in [1.29, 1.82) is 5.26 Å². The number of nitrogens with zero attached hydrogens (tertiary/aromatic N) is 2. The Morgan fingerprint density at radius 1 is 1.42 bits per heavy atom. The van der Waals surface area contributed by atoms with Gasteiger partial charge in [0.15, 0.2) is 0 Å². The van der Waals surface area contributed by atoms with Crippen LogP contribution >= 0.6 is 0 Å². The van der Waals surface area contributed by atoms with Gasteiger partial charge < -0.3 is 4.90 Å². The molecule has 0 radical (unpaired) electrons. The van der Waals surface area contributed by atoms with Gasteiger partial charge in [-0.25, -0.2) is 4.39 Å². The van der Waals surface area contributed by atoms with Gasteiger partial charge in [0.25, 0.3) is 5.91 Å². The summed E-state index contributed by atoms with van der Waals surface area (Å²) in [5, 5.41) is 8.50. The summed E-state index contributed by atoms with van der Waals surface area (Å²) in [7, 11) is 0. The summed E-state index contributed by atoms with van der Waals surface area (Å²) in [6.45, 7) is 1.33. The van der Waals surface area contributed by atoms with Crippen LogP contribution in [-0.2, 0) is 6.18 Å². The van der Waals surface area contributed by atoms with Crippen molar-refractivity contribution in [3.63, 3.8) is 0 Å². The first-order valence-corrected chi connectivity index (χ1v) is 5.34. The van der Waals surface area contributed by atoms with Crippen LogP contribution in [0.2, 0.25) is 0 Å². The first-order chi connectivity index (χ1) is 8.81. The molecule has 19 heavy (non-hydrogen) atoms. The highest BCUT2D eigenvalue weighted by molar-refractivity contribution is 5.94. The van der Waals surface area contributed by atoms with Crippen LogP contribution in [0, 0.1) is 17.1 Å². The molecule has 7 heteroatoms. The maximum absolute atomic E-state index is 13.4. The van der Waals surface area contributed by atoms with E-state index in [-0.39, 0.29) is 13.1 Å². The molecule has 0 aliphatic heterocycles. The van der Waals surface area contributed by atoms with Gasteiger partial charge in [-0.1, -0.05) is 0 Å². The molecule has 0 fully saturated rings. The van der Waals surface area contributed by atoms with E-state index in [9.17, 15) is 22.4 Å². The average Bonchev–Trinajstić information content (AvgIpc) is 2.34. The van der Waals surface area contributed by atoms with Crippen molar-refractivity contribution < 1.29 is 22.4 Å². The van der Waals surface area contributed by atoms with Crippen LogP contribution in [0.25, 0.3) is 0 Å². The van der Waals surface area contributed by atoms with Gasteiger partial charge in [-0.3, -0.25) is 4.79 Å². The van der Waals surface area contributed by atoms with Crippen LogP contribution < -0.4 is 0 Å². The lowest BCUT2D eigenvalue weighted by Gasteiger charge is -2.18. The van der Waals surface area contributed by atoms with Gasteiger partial charge in [0.05, 0.1) is 17.2 Å². The van der Waals surface area contributed by atoms with Crippen LogP contribution in [0.15, 0.2) is 18.2 Å². The minimum atomic E-state index is -4.66. The fraction of sp³-hybridized carbons (Fsp3) is 0.333. The number of rotatable bonds is 3. The Hall–Kier alpha value is -2.10. The van der Waals surface area contributed by atoms with Gasteiger partial charge in [0.1, 0.15) is 12.4 Å². The topological polar surface area (TPSA) is 44.1 Å². The number of carbonyl (C=O) groups excluding carboxylic acids is 1. The van der Waals surface area contributed by atoms with Crippen molar-refractivity contribution in [3.05, 3.63) is 35.1 Å². The maximum Gasteiger partial charge on any atom is 0.416 e. The summed E-state index contributed by atoms with van der Waals surface area (Å²) in [4.78, 5) is 12.8. The van der Waals surface area contributed by atoms with Crippen molar-refractivity contribution in [1.82, 2.24) is 4.90 Å². The number of hydrogen-bond acceptors (Lipinski definition) is 2. The first kappa shape index (κ1) is 15.0. The lowest BCUT2D eigenvalue weighted by molar-refractivity contribution is -0.137. The zero-order valence-electron chi connectivity index (χ0n) is 9.96. The molecule has 0 heterocycles. The van der Waals surface area contributed by atoms with Gasteiger partial charge in [0, 0.05) is 6.54 Å². The number of hydrogen-bond donors (Lipinski definition) is 0. The molecule has 102 valence electrons. The predicted molar refractivity (Wildman–Crippen MR) is 58.6 cm³/mol. The fourth-order valence-corrected chi connectivity index (χ4v) is 1.45. The molecular formula is C12H10F4N2O. The normalized spacial score (nSPS) is 10.9. The number of alkyl halides is 3. The Morgan fingerprint density at radius 3 is 2.53 bits per heavy atom. The molecular weight excluding hydrogens is 264 g/mol. The standard InChI is InChI=1S/C12H10F4N2O/c1-2-18(6-5-17)11(19)9-7-8(12(14,15)16)3-4-10(9)13/h3-4,7H,2,6H2,1H3. The molecule has 0 spiro atoms. The van der Waals surface area contributed by atoms with Crippen molar-refractivity contribution >= 4 is 5.91 Å². The highest BCUT2D eigenvalue weighted by atomic mass is 19.4. The third-order valence-electron chi connectivity index (χ3n) is 2.45. The summed E-state index contributed by atoms with van der Waals surface area (Å²) in [5.74, 6) is -1.98. The molecule has 1 aromatic rings. The van der Waals surface area contributed by atoms with E-state index in [2.05, 4.69) is 0 Å². The molecule has 1 amide bonds. The van der Waals surface area contributed by atoms with Crippen molar-refractivity contribution in [2.24, 2.45) is 0 Å². The molecule has 0 aliphatic rings. The molecule has 3 nitrogen and oxygen atoms in total. The smallest absolute Gasteiger partial charge is 0.326 e. The van der Waals surface area contributed by atoms with Gasteiger partial charge in [-0.05, 0) is 25.1 Å². The van der Waals surface area contributed by atoms with Gasteiger partial charge in [-0.15, -0.1) is 0 Å². The molecule has 0 aromatic heterocycles. The number of halogens is 4.